The summed E-state index contributed by atoms with van der Waals surface area (Å²) in [5.74, 6) is 1.54. The summed E-state index contributed by atoms with van der Waals surface area (Å²) in [5.41, 5.74) is 1.72. The number of halogens is 1. The number of anilines is 2. The number of hydrogen-bond acceptors (Lipinski definition) is 3. The number of para-hydroxylation sites is 3. The fourth-order valence-electron chi connectivity index (χ4n) is 1.91. The van der Waals surface area contributed by atoms with Gasteiger partial charge in [0, 0.05) is 11.9 Å². The van der Waals surface area contributed by atoms with Crippen molar-refractivity contribution in [3.63, 3.8) is 0 Å². The second-order valence-electron chi connectivity index (χ2n) is 4.40. The molecule has 0 fully saturated rings. The Labute approximate surface area is 128 Å². The number of hydrogen-bond donors (Lipinski definition) is 1. The molecule has 3 aromatic rings. The van der Waals surface area contributed by atoms with Crippen molar-refractivity contribution in [2.75, 3.05) is 5.32 Å². The lowest BCUT2D eigenvalue weighted by molar-refractivity contribution is 0.485. The highest BCUT2D eigenvalue weighted by Gasteiger charge is 2.05. The average Bonchev–Trinajstić information content (AvgIpc) is 2.50. The van der Waals surface area contributed by atoms with Gasteiger partial charge in [0.2, 0.25) is 0 Å². The standard InChI is InChI=1S/C17H13ClN2O/c18-17-12-13(10-11-19-17)20-15-8-4-5-9-16(15)21-14-6-2-1-3-7-14/h1-12H,(H,19,20). The van der Waals surface area contributed by atoms with Crippen molar-refractivity contribution in [1.29, 1.82) is 0 Å². The second-order valence-corrected chi connectivity index (χ2v) is 4.79. The van der Waals surface area contributed by atoms with E-state index in [0.29, 0.717) is 5.15 Å². The van der Waals surface area contributed by atoms with Crippen molar-refractivity contribution in [2.45, 2.75) is 0 Å². The van der Waals surface area contributed by atoms with Gasteiger partial charge in [0.15, 0.2) is 5.75 Å². The third-order valence-corrected chi connectivity index (χ3v) is 3.07. The third kappa shape index (κ3) is 3.52. The SMILES string of the molecule is Clc1cc(Nc2ccccc2Oc2ccccc2)ccn1. The molecule has 4 heteroatoms. The number of nitrogens with zero attached hydrogens (tertiary/aromatic N) is 1. The van der Waals surface area contributed by atoms with Crippen LogP contribution in [0.5, 0.6) is 11.5 Å². The van der Waals surface area contributed by atoms with E-state index in [-0.39, 0.29) is 0 Å². The van der Waals surface area contributed by atoms with Crippen LogP contribution >= 0.6 is 11.6 Å². The number of nitrogens with one attached hydrogen (secondary N) is 1. The maximum Gasteiger partial charge on any atom is 0.150 e. The Morgan fingerprint density at radius 2 is 1.67 bits per heavy atom. The van der Waals surface area contributed by atoms with E-state index in [9.17, 15) is 0 Å². The van der Waals surface area contributed by atoms with Gasteiger partial charge in [0.1, 0.15) is 10.9 Å². The molecule has 0 aliphatic carbocycles. The number of pyridine rings is 1. The first-order valence-electron chi connectivity index (χ1n) is 6.52. The molecule has 0 aliphatic heterocycles. The normalized spacial score (nSPS) is 10.1. The van der Waals surface area contributed by atoms with Crippen molar-refractivity contribution < 1.29 is 4.74 Å². The summed E-state index contributed by atoms with van der Waals surface area (Å²) < 4.78 is 5.90. The first kappa shape index (κ1) is 13.5. The summed E-state index contributed by atoms with van der Waals surface area (Å²) in [5, 5.41) is 3.73. The largest absolute Gasteiger partial charge is 0.455 e. The maximum atomic E-state index is 5.90. The summed E-state index contributed by atoms with van der Waals surface area (Å²) in [6, 6.07) is 21.0. The van der Waals surface area contributed by atoms with Crippen LogP contribution in [0.3, 0.4) is 0 Å². The van der Waals surface area contributed by atoms with E-state index in [1.165, 1.54) is 0 Å². The molecule has 0 amide bonds. The van der Waals surface area contributed by atoms with Gasteiger partial charge in [0.25, 0.3) is 0 Å². The molecule has 104 valence electrons. The Hall–Kier alpha value is -2.52. The minimum Gasteiger partial charge on any atom is -0.455 e. The van der Waals surface area contributed by atoms with Gasteiger partial charge in [-0.25, -0.2) is 4.98 Å². The number of ether oxygens (including phenoxy) is 1. The zero-order valence-corrected chi connectivity index (χ0v) is 11.9. The van der Waals surface area contributed by atoms with Crippen molar-refractivity contribution in [1.82, 2.24) is 4.98 Å². The van der Waals surface area contributed by atoms with Crippen LogP contribution in [0.1, 0.15) is 0 Å². The predicted octanol–water partition coefficient (Wildman–Crippen LogP) is 5.27. The topological polar surface area (TPSA) is 34.1 Å². The Balaban J connectivity index is 1.86. The first-order valence-corrected chi connectivity index (χ1v) is 6.89. The number of benzene rings is 2. The molecule has 0 saturated carbocycles. The molecule has 0 bridgehead atoms. The summed E-state index contributed by atoms with van der Waals surface area (Å²) >= 11 is 5.90. The lowest BCUT2D eigenvalue weighted by Gasteiger charge is -2.13. The minimum atomic E-state index is 0.446. The molecule has 0 spiro atoms. The van der Waals surface area contributed by atoms with Gasteiger partial charge >= 0.3 is 0 Å². The van der Waals surface area contributed by atoms with Crippen LogP contribution in [-0.2, 0) is 0 Å². The van der Waals surface area contributed by atoms with E-state index in [1.54, 1.807) is 12.3 Å². The van der Waals surface area contributed by atoms with Gasteiger partial charge in [-0.1, -0.05) is 41.9 Å². The van der Waals surface area contributed by atoms with Crippen LogP contribution in [0, 0.1) is 0 Å². The summed E-state index contributed by atoms with van der Waals surface area (Å²) in [6.45, 7) is 0. The highest BCUT2D eigenvalue weighted by atomic mass is 35.5. The van der Waals surface area contributed by atoms with E-state index in [2.05, 4.69) is 10.3 Å². The van der Waals surface area contributed by atoms with Crippen LogP contribution in [0.25, 0.3) is 0 Å². The lowest BCUT2D eigenvalue weighted by atomic mass is 10.2. The van der Waals surface area contributed by atoms with E-state index >= 15 is 0 Å². The van der Waals surface area contributed by atoms with Crippen LogP contribution < -0.4 is 10.1 Å². The lowest BCUT2D eigenvalue weighted by Crippen LogP contribution is -1.94. The van der Waals surface area contributed by atoms with E-state index < -0.39 is 0 Å². The molecule has 0 saturated heterocycles. The van der Waals surface area contributed by atoms with Crippen molar-refractivity contribution >= 4 is 23.0 Å². The van der Waals surface area contributed by atoms with Gasteiger partial charge in [0.05, 0.1) is 5.69 Å². The van der Waals surface area contributed by atoms with E-state index in [1.807, 2.05) is 60.7 Å². The highest BCUT2D eigenvalue weighted by Crippen LogP contribution is 2.31. The molecule has 1 N–H and O–H groups in total. The molecular weight excluding hydrogens is 284 g/mol. The molecule has 0 aliphatic rings. The molecule has 0 atom stereocenters. The molecule has 3 nitrogen and oxygen atoms in total. The van der Waals surface area contributed by atoms with E-state index in [4.69, 9.17) is 16.3 Å². The molecule has 3 rings (SSSR count). The average molecular weight is 297 g/mol. The van der Waals surface area contributed by atoms with Crippen LogP contribution in [0.2, 0.25) is 5.15 Å². The van der Waals surface area contributed by atoms with Crippen LogP contribution in [-0.4, -0.2) is 4.98 Å². The van der Waals surface area contributed by atoms with Crippen LogP contribution in [0.15, 0.2) is 72.9 Å². The maximum absolute atomic E-state index is 5.90. The molecule has 2 aromatic carbocycles. The fraction of sp³-hybridized carbons (Fsp3) is 0. The van der Waals surface area contributed by atoms with Gasteiger partial charge in [-0.15, -0.1) is 0 Å². The Kier molecular flexibility index (Phi) is 4.03. The summed E-state index contributed by atoms with van der Waals surface area (Å²) in [7, 11) is 0. The smallest absolute Gasteiger partial charge is 0.150 e. The summed E-state index contributed by atoms with van der Waals surface area (Å²) in [4.78, 5) is 3.97. The van der Waals surface area contributed by atoms with Crippen molar-refractivity contribution in [3.8, 4) is 11.5 Å². The van der Waals surface area contributed by atoms with Crippen LogP contribution in [0.4, 0.5) is 11.4 Å². The number of rotatable bonds is 4. The predicted molar refractivity (Wildman–Crippen MR) is 85.5 cm³/mol. The van der Waals surface area contributed by atoms with E-state index in [0.717, 1.165) is 22.9 Å². The zero-order valence-electron chi connectivity index (χ0n) is 11.2. The van der Waals surface area contributed by atoms with Crippen molar-refractivity contribution in [3.05, 3.63) is 78.1 Å². The zero-order chi connectivity index (χ0) is 14.5. The Bertz CT molecular complexity index is 732. The second kappa shape index (κ2) is 6.29. The quantitative estimate of drug-likeness (QED) is 0.666. The van der Waals surface area contributed by atoms with Gasteiger partial charge in [-0.05, 0) is 36.4 Å². The third-order valence-electron chi connectivity index (χ3n) is 2.86. The van der Waals surface area contributed by atoms with Gasteiger partial charge in [-0.3, -0.25) is 0 Å². The first-order chi connectivity index (χ1) is 10.3. The Morgan fingerprint density at radius 1 is 0.905 bits per heavy atom. The van der Waals surface area contributed by atoms with Gasteiger partial charge in [-0.2, -0.15) is 0 Å². The number of aromatic nitrogens is 1. The molecule has 1 heterocycles. The fourth-order valence-corrected chi connectivity index (χ4v) is 2.08. The highest BCUT2D eigenvalue weighted by molar-refractivity contribution is 6.29. The monoisotopic (exact) mass is 296 g/mol. The van der Waals surface area contributed by atoms with Crippen molar-refractivity contribution in [2.24, 2.45) is 0 Å². The molecule has 0 radical (unpaired) electrons. The Morgan fingerprint density at radius 3 is 2.48 bits per heavy atom. The molecule has 0 unspecified atom stereocenters. The molecule has 1 aromatic heterocycles. The molecule has 21 heavy (non-hydrogen) atoms. The molecular formula is C17H13ClN2O. The van der Waals surface area contributed by atoms with Gasteiger partial charge < -0.3 is 10.1 Å². The minimum absolute atomic E-state index is 0.446. The summed E-state index contributed by atoms with van der Waals surface area (Å²) in [6.07, 6.45) is 1.66.